The van der Waals surface area contributed by atoms with Gasteiger partial charge in [0.2, 0.25) is 5.91 Å². The molecule has 1 amide bonds. The maximum Gasteiger partial charge on any atom is 0.262 e. The lowest BCUT2D eigenvalue weighted by Gasteiger charge is -2.32. The lowest BCUT2D eigenvalue weighted by molar-refractivity contribution is -0.135. The number of sulfonamides is 1. The highest BCUT2D eigenvalue weighted by atomic mass is 32.2. The highest BCUT2D eigenvalue weighted by Gasteiger charge is 2.36. The standard InChI is InChI=1S/C21H29N5O3S/c1-16-22-20(15-24(16)2)30(28,29)26-12-8-17(9-13-26)21(27)25-11-10-19(14-25)23-18-6-4-3-5-7-18/h3-7,15,17,19,23H,8-14H2,1-2H3. The maximum absolute atomic E-state index is 13.0. The van der Waals surface area contributed by atoms with Crippen LogP contribution in [0.15, 0.2) is 41.6 Å². The first-order valence-corrected chi connectivity index (χ1v) is 11.9. The molecule has 1 N–H and O–H groups in total. The monoisotopic (exact) mass is 431 g/mol. The van der Waals surface area contributed by atoms with Crippen LogP contribution in [0, 0.1) is 12.8 Å². The highest BCUT2D eigenvalue weighted by molar-refractivity contribution is 7.89. The number of piperidine rings is 1. The Balaban J connectivity index is 1.31. The minimum atomic E-state index is -3.61. The van der Waals surface area contributed by atoms with Crippen molar-refractivity contribution < 1.29 is 13.2 Å². The Morgan fingerprint density at radius 2 is 1.80 bits per heavy atom. The van der Waals surface area contributed by atoms with Crippen LogP contribution in [-0.4, -0.2) is 65.3 Å². The van der Waals surface area contributed by atoms with Gasteiger partial charge < -0.3 is 14.8 Å². The normalized spacial score (nSPS) is 21.1. The van der Waals surface area contributed by atoms with E-state index in [2.05, 4.69) is 10.3 Å². The molecule has 8 nitrogen and oxygen atoms in total. The van der Waals surface area contributed by atoms with Gasteiger partial charge in [0.1, 0.15) is 5.82 Å². The molecule has 3 heterocycles. The van der Waals surface area contributed by atoms with Gasteiger partial charge in [0.25, 0.3) is 10.0 Å². The second-order valence-corrected chi connectivity index (χ2v) is 10.1. The average Bonchev–Trinajstić information content (AvgIpc) is 3.35. The van der Waals surface area contributed by atoms with Crippen molar-refractivity contribution in [3.05, 3.63) is 42.4 Å². The third-order valence-corrected chi connectivity index (χ3v) is 7.91. The molecular formula is C21H29N5O3S. The number of aryl methyl sites for hydroxylation is 2. The van der Waals surface area contributed by atoms with Crippen molar-refractivity contribution in [3.8, 4) is 0 Å². The third kappa shape index (κ3) is 4.22. The smallest absolute Gasteiger partial charge is 0.262 e. The second-order valence-electron chi connectivity index (χ2n) is 8.20. The molecule has 162 valence electrons. The fraction of sp³-hybridized carbons (Fsp3) is 0.524. The van der Waals surface area contributed by atoms with E-state index in [0.29, 0.717) is 38.3 Å². The van der Waals surface area contributed by atoms with Gasteiger partial charge in [0, 0.05) is 57.1 Å². The lowest BCUT2D eigenvalue weighted by Crippen LogP contribution is -2.44. The largest absolute Gasteiger partial charge is 0.380 e. The van der Waals surface area contributed by atoms with Crippen molar-refractivity contribution in [1.82, 2.24) is 18.8 Å². The molecule has 1 atom stereocenters. The van der Waals surface area contributed by atoms with Crippen molar-refractivity contribution in [2.45, 2.75) is 37.3 Å². The number of amides is 1. The zero-order chi connectivity index (χ0) is 21.3. The molecule has 30 heavy (non-hydrogen) atoms. The Morgan fingerprint density at radius 3 is 2.43 bits per heavy atom. The summed E-state index contributed by atoms with van der Waals surface area (Å²) in [6.45, 7) is 3.93. The number of aromatic nitrogens is 2. The van der Waals surface area contributed by atoms with Gasteiger partial charge in [-0.2, -0.15) is 4.31 Å². The molecule has 2 aliphatic heterocycles. The first-order chi connectivity index (χ1) is 14.3. The molecule has 2 aliphatic rings. The van der Waals surface area contributed by atoms with Gasteiger partial charge >= 0.3 is 0 Å². The van der Waals surface area contributed by atoms with Crippen LogP contribution >= 0.6 is 0 Å². The van der Waals surface area contributed by atoms with Gasteiger partial charge in [0.05, 0.1) is 0 Å². The van der Waals surface area contributed by atoms with Gasteiger partial charge in [-0.15, -0.1) is 0 Å². The van der Waals surface area contributed by atoms with E-state index in [1.165, 1.54) is 4.31 Å². The zero-order valence-electron chi connectivity index (χ0n) is 17.5. The van der Waals surface area contributed by atoms with E-state index in [4.69, 9.17) is 0 Å². The number of carbonyl (C=O) groups is 1. The Bertz CT molecular complexity index is 977. The maximum atomic E-state index is 13.0. The fourth-order valence-corrected chi connectivity index (χ4v) is 5.73. The molecule has 2 saturated heterocycles. The summed E-state index contributed by atoms with van der Waals surface area (Å²) in [5.74, 6) is 0.696. The predicted molar refractivity (Wildman–Crippen MR) is 114 cm³/mol. The number of hydrogen-bond donors (Lipinski definition) is 1. The Kier molecular flexibility index (Phi) is 5.84. The summed E-state index contributed by atoms with van der Waals surface area (Å²) in [5, 5.41) is 3.57. The van der Waals surface area contributed by atoms with Crippen molar-refractivity contribution >= 4 is 21.6 Å². The molecule has 2 fully saturated rings. The number of para-hydroxylation sites is 1. The summed E-state index contributed by atoms with van der Waals surface area (Å²) >= 11 is 0. The summed E-state index contributed by atoms with van der Waals surface area (Å²) in [6, 6.07) is 10.3. The quantitative estimate of drug-likeness (QED) is 0.781. The number of imidazole rings is 1. The zero-order valence-corrected chi connectivity index (χ0v) is 18.3. The average molecular weight is 432 g/mol. The van der Waals surface area contributed by atoms with E-state index in [1.807, 2.05) is 35.2 Å². The Labute approximate surface area is 177 Å². The summed E-state index contributed by atoms with van der Waals surface area (Å²) in [4.78, 5) is 19.1. The molecule has 2 aromatic rings. The van der Waals surface area contributed by atoms with Crippen LogP contribution in [-0.2, 0) is 21.9 Å². The molecular weight excluding hydrogens is 402 g/mol. The fourth-order valence-electron chi connectivity index (χ4n) is 4.23. The molecule has 0 radical (unpaired) electrons. The van der Waals surface area contributed by atoms with Crippen LogP contribution in [0.5, 0.6) is 0 Å². The van der Waals surface area contributed by atoms with Crippen molar-refractivity contribution in [2.24, 2.45) is 13.0 Å². The number of carbonyl (C=O) groups excluding carboxylic acids is 1. The molecule has 1 unspecified atom stereocenters. The first kappa shape index (κ1) is 20.9. The number of anilines is 1. The van der Waals surface area contributed by atoms with Crippen LogP contribution in [0.2, 0.25) is 0 Å². The van der Waals surface area contributed by atoms with E-state index in [9.17, 15) is 13.2 Å². The molecule has 1 aromatic carbocycles. The second kappa shape index (κ2) is 8.39. The van der Waals surface area contributed by atoms with Gasteiger partial charge in [-0.1, -0.05) is 18.2 Å². The van der Waals surface area contributed by atoms with Crippen LogP contribution in [0.4, 0.5) is 5.69 Å². The molecule has 1 aromatic heterocycles. The number of hydrogen-bond acceptors (Lipinski definition) is 5. The van der Waals surface area contributed by atoms with Crippen LogP contribution in [0.25, 0.3) is 0 Å². The van der Waals surface area contributed by atoms with E-state index in [-0.39, 0.29) is 22.9 Å². The Hall–Kier alpha value is -2.39. The molecule has 4 rings (SSSR count). The van der Waals surface area contributed by atoms with Gasteiger partial charge in [-0.3, -0.25) is 4.79 Å². The van der Waals surface area contributed by atoms with Crippen molar-refractivity contribution in [1.29, 1.82) is 0 Å². The van der Waals surface area contributed by atoms with Crippen molar-refractivity contribution in [2.75, 3.05) is 31.5 Å². The van der Waals surface area contributed by atoms with Crippen molar-refractivity contribution in [3.63, 3.8) is 0 Å². The van der Waals surface area contributed by atoms with E-state index >= 15 is 0 Å². The number of benzene rings is 1. The van der Waals surface area contributed by atoms with Crippen LogP contribution in [0.3, 0.4) is 0 Å². The molecule has 0 saturated carbocycles. The SMILES string of the molecule is Cc1nc(S(=O)(=O)N2CCC(C(=O)N3CCC(Nc4ccccc4)C3)CC2)cn1C. The summed E-state index contributed by atoms with van der Waals surface area (Å²) in [6.07, 6.45) is 3.58. The van der Waals surface area contributed by atoms with Gasteiger partial charge in [-0.25, -0.2) is 13.4 Å². The molecule has 0 spiro atoms. The van der Waals surface area contributed by atoms with Crippen LogP contribution < -0.4 is 5.32 Å². The van der Waals surface area contributed by atoms with E-state index in [1.54, 1.807) is 24.7 Å². The number of nitrogens with one attached hydrogen (secondary N) is 1. The van der Waals surface area contributed by atoms with E-state index < -0.39 is 10.0 Å². The summed E-state index contributed by atoms with van der Waals surface area (Å²) in [7, 11) is -1.83. The number of nitrogens with zero attached hydrogens (tertiary/aromatic N) is 4. The van der Waals surface area contributed by atoms with E-state index in [0.717, 1.165) is 18.7 Å². The summed E-state index contributed by atoms with van der Waals surface area (Å²) < 4.78 is 28.9. The molecule has 0 bridgehead atoms. The first-order valence-electron chi connectivity index (χ1n) is 10.4. The van der Waals surface area contributed by atoms with Crippen LogP contribution in [0.1, 0.15) is 25.1 Å². The van der Waals surface area contributed by atoms with Gasteiger partial charge in [0.15, 0.2) is 5.03 Å². The Morgan fingerprint density at radius 1 is 1.10 bits per heavy atom. The molecule has 9 heteroatoms. The predicted octanol–water partition coefficient (Wildman–Crippen LogP) is 1.84. The van der Waals surface area contributed by atoms with Gasteiger partial charge in [-0.05, 0) is 38.3 Å². The number of rotatable bonds is 5. The number of likely N-dealkylation sites (tertiary alicyclic amines) is 1. The highest BCUT2D eigenvalue weighted by Crippen LogP contribution is 2.26. The molecule has 0 aliphatic carbocycles. The summed E-state index contributed by atoms with van der Waals surface area (Å²) in [5.41, 5.74) is 1.07. The minimum absolute atomic E-state index is 0.0849. The topological polar surface area (TPSA) is 87.5 Å². The minimum Gasteiger partial charge on any atom is -0.380 e. The lowest BCUT2D eigenvalue weighted by atomic mass is 9.96. The third-order valence-electron chi connectivity index (χ3n) is 6.14.